The van der Waals surface area contributed by atoms with Gasteiger partial charge in [0.1, 0.15) is 5.70 Å². The van der Waals surface area contributed by atoms with E-state index in [1.807, 2.05) is 0 Å². The number of hydrogen-bond donors (Lipinski definition) is 2. The average Bonchev–Trinajstić information content (AvgIpc) is 3.12. The van der Waals surface area contributed by atoms with Gasteiger partial charge in [-0.3, -0.25) is 9.59 Å². The van der Waals surface area contributed by atoms with Gasteiger partial charge in [0.25, 0.3) is 5.91 Å². The molecule has 2 rings (SSSR count). The minimum atomic E-state index is -0.361. The Morgan fingerprint density at radius 2 is 2.04 bits per heavy atom. The van der Waals surface area contributed by atoms with Crippen molar-refractivity contribution in [2.24, 2.45) is 0 Å². The Kier molecular flexibility index (Phi) is 6.82. The normalized spacial score (nSPS) is 17.1. The van der Waals surface area contributed by atoms with E-state index in [0.29, 0.717) is 23.6 Å². The Hall–Kier alpha value is -2.54. The van der Waals surface area contributed by atoms with Gasteiger partial charge in [-0.15, -0.1) is 0 Å². The number of hydrogen-bond acceptors (Lipinski definition) is 5. The maximum absolute atomic E-state index is 12.4. The molecule has 1 aromatic rings. The minimum absolute atomic E-state index is 0.0311. The van der Waals surface area contributed by atoms with Gasteiger partial charge in [-0.1, -0.05) is 6.07 Å². The van der Waals surface area contributed by atoms with Crippen molar-refractivity contribution < 1.29 is 23.8 Å². The molecule has 0 aliphatic carbocycles. The summed E-state index contributed by atoms with van der Waals surface area (Å²) >= 11 is 0. The molecule has 25 heavy (non-hydrogen) atoms. The predicted molar refractivity (Wildman–Crippen MR) is 93.3 cm³/mol. The van der Waals surface area contributed by atoms with Crippen LogP contribution in [0.2, 0.25) is 0 Å². The van der Waals surface area contributed by atoms with Crippen LogP contribution in [0.4, 0.5) is 0 Å². The summed E-state index contributed by atoms with van der Waals surface area (Å²) in [5.41, 5.74) is 0.867. The maximum Gasteiger partial charge on any atom is 0.267 e. The van der Waals surface area contributed by atoms with Crippen LogP contribution in [0.1, 0.15) is 25.3 Å². The van der Waals surface area contributed by atoms with Crippen LogP contribution in [0, 0.1) is 0 Å². The van der Waals surface area contributed by atoms with E-state index in [4.69, 9.17) is 14.2 Å². The van der Waals surface area contributed by atoms with Gasteiger partial charge in [-0.05, 0) is 36.6 Å². The summed E-state index contributed by atoms with van der Waals surface area (Å²) in [5.74, 6) is 0.446. The number of rotatable bonds is 7. The molecular weight excluding hydrogens is 324 g/mol. The lowest BCUT2D eigenvalue weighted by atomic mass is 10.1. The topological polar surface area (TPSA) is 85.9 Å². The van der Waals surface area contributed by atoms with Crippen molar-refractivity contribution in [1.29, 1.82) is 0 Å². The molecule has 7 nitrogen and oxygen atoms in total. The molecule has 1 atom stereocenters. The molecule has 2 N–H and O–H groups in total. The van der Waals surface area contributed by atoms with Crippen LogP contribution in [0.25, 0.3) is 6.08 Å². The smallest absolute Gasteiger partial charge is 0.267 e. The molecule has 1 unspecified atom stereocenters. The fourth-order valence-electron chi connectivity index (χ4n) is 2.56. The third kappa shape index (κ3) is 5.49. The first-order chi connectivity index (χ1) is 12.0. The van der Waals surface area contributed by atoms with Crippen molar-refractivity contribution in [3.63, 3.8) is 0 Å². The Morgan fingerprint density at radius 1 is 1.28 bits per heavy atom. The lowest BCUT2D eigenvalue weighted by Gasteiger charge is -2.13. The zero-order valence-electron chi connectivity index (χ0n) is 14.8. The van der Waals surface area contributed by atoms with Crippen molar-refractivity contribution in [3.05, 3.63) is 29.5 Å². The van der Waals surface area contributed by atoms with Gasteiger partial charge < -0.3 is 24.8 Å². The van der Waals surface area contributed by atoms with Gasteiger partial charge >= 0.3 is 0 Å². The average molecular weight is 348 g/mol. The van der Waals surface area contributed by atoms with Gasteiger partial charge in [0.2, 0.25) is 5.91 Å². The third-order valence-electron chi connectivity index (χ3n) is 3.79. The molecule has 1 aliphatic heterocycles. The van der Waals surface area contributed by atoms with E-state index in [-0.39, 0.29) is 23.6 Å². The van der Waals surface area contributed by atoms with Crippen molar-refractivity contribution in [2.75, 3.05) is 27.4 Å². The molecule has 2 amide bonds. The second kappa shape index (κ2) is 9.08. The van der Waals surface area contributed by atoms with Gasteiger partial charge in [0, 0.05) is 20.1 Å². The molecule has 1 saturated heterocycles. The highest BCUT2D eigenvalue weighted by Gasteiger charge is 2.18. The first-order valence-corrected chi connectivity index (χ1v) is 8.14. The monoisotopic (exact) mass is 348 g/mol. The van der Waals surface area contributed by atoms with Crippen LogP contribution in [0.3, 0.4) is 0 Å². The van der Waals surface area contributed by atoms with Gasteiger partial charge in [0.15, 0.2) is 11.5 Å². The standard InChI is InChI=1S/C18H24N2O5/c1-12(21)20-15(18(22)19-11-14-5-4-8-25-14)9-13-6-7-16(23-2)17(10-13)24-3/h6-7,9-10,14H,4-5,8,11H2,1-3H3,(H,19,22)(H,20,21)/b15-9-. The minimum Gasteiger partial charge on any atom is -0.493 e. The summed E-state index contributed by atoms with van der Waals surface area (Å²) in [6, 6.07) is 5.24. The molecule has 136 valence electrons. The summed E-state index contributed by atoms with van der Waals surface area (Å²) in [6.07, 6.45) is 3.55. The number of benzene rings is 1. The van der Waals surface area contributed by atoms with Crippen molar-refractivity contribution in [2.45, 2.75) is 25.9 Å². The zero-order valence-corrected chi connectivity index (χ0v) is 14.8. The van der Waals surface area contributed by atoms with Crippen LogP contribution in [0.5, 0.6) is 11.5 Å². The lowest BCUT2D eigenvalue weighted by molar-refractivity contribution is -0.122. The molecule has 0 radical (unpaired) electrons. The van der Waals surface area contributed by atoms with E-state index >= 15 is 0 Å². The van der Waals surface area contributed by atoms with Crippen LogP contribution >= 0.6 is 0 Å². The summed E-state index contributed by atoms with van der Waals surface area (Å²) in [5, 5.41) is 5.37. The molecule has 7 heteroatoms. The molecule has 0 spiro atoms. The van der Waals surface area contributed by atoms with E-state index in [9.17, 15) is 9.59 Å². The Morgan fingerprint density at radius 3 is 2.64 bits per heavy atom. The maximum atomic E-state index is 12.4. The summed E-state index contributed by atoms with van der Waals surface area (Å²) in [7, 11) is 3.09. The van der Waals surface area contributed by atoms with Crippen molar-refractivity contribution in [1.82, 2.24) is 10.6 Å². The number of carbonyl (C=O) groups is 2. The highest BCUT2D eigenvalue weighted by Crippen LogP contribution is 2.28. The predicted octanol–water partition coefficient (Wildman–Crippen LogP) is 1.48. The van der Waals surface area contributed by atoms with Crippen molar-refractivity contribution >= 4 is 17.9 Å². The summed E-state index contributed by atoms with van der Waals surface area (Å²) < 4.78 is 15.9. The largest absolute Gasteiger partial charge is 0.493 e. The second-order valence-corrected chi connectivity index (χ2v) is 5.70. The first kappa shape index (κ1) is 18.8. The van der Waals surface area contributed by atoms with E-state index in [0.717, 1.165) is 19.4 Å². The number of ether oxygens (including phenoxy) is 3. The zero-order chi connectivity index (χ0) is 18.2. The molecular formula is C18H24N2O5. The van der Waals surface area contributed by atoms with Crippen LogP contribution < -0.4 is 20.1 Å². The SMILES string of the molecule is COc1ccc(/C=C(\NC(C)=O)C(=O)NCC2CCCO2)cc1OC. The fourth-order valence-corrected chi connectivity index (χ4v) is 2.56. The molecule has 1 aliphatic rings. The highest BCUT2D eigenvalue weighted by atomic mass is 16.5. The van der Waals surface area contributed by atoms with E-state index in [1.165, 1.54) is 14.0 Å². The van der Waals surface area contributed by atoms with Crippen LogP contribution in [0.15, 0.2) is 23.9 Å². The Balaban J connectivity index is 2.15. The van der Waals surface area contributed by atoms with Gasteiger partial charge in [-0.25, -0.2) is 0 Å². The molecule has 1 aromatic carbocycles. The van der Waals surface area contributed by atoms with Crippen molar-refractivity contribution in [3.8, 4) is 11.5 Å². The Labute approximate surface area is 147 Å². The number of amides is 2. The first-order valence-electron chi connectivity index (χ1n) is 8.14. The number of methoxy groups -OCH3 is 2. The second-order valence-electron chi connectivity index (χ2n) is 5.70. The third-order valence-corrected chi connectivity index (χ3v) is 3.79. The van der Waals surface area contributed by atoms with E-state index in [1.54, 1.807) is 31.4 Å². The number of nitrogens with one attached hydrogen (secondary N) is 2. The molecule has 1 fully saturated rings. The van der Waals surface area contributed by atoms with Gasteiger partial charge in [-0.2, -0.15) is 0 Å². The highest BCUT2D eigenvalue weighted by molar-refractivity contribution is 6.00. The van der Waals surface area contributed by atoms with Crippen LogP contribution in [-0.2, 0) is 14.3 Å². The number of carbonyl (C=O) groups excluding carboxylic acids is 2. The molecule has 0 bridgehead atoms. The summed E-state index contributed by atoms with van der Waals surface area (Å²) in [4.78, 5) is 23.8. The molecule has 0 saturated carbocycles. The fraction of sp³-hybridized carbons (Fsp3) is 0.444. The van der Waals surface area contributed by atoms with E-state index < -0.39 is 0 Å². The molecule has 1 heterocycles. The van der Waals surface area contributed by atoms with Gasteiger partial charge in [0.05, 0.1) is 20.3 Å². The summed E-state index contributed by atoms with van der Waals surface area (Å²) in [6.45, 7) is 2.50. The lowest BCUT2D eigenvalue weighted by Crippen LogP contribution is -2.37. The van der Waals surface area contributed by atoms with E-state index in [2.05, 4.69) is 10.6 Å². The quantitative estimate of drug-likeness (QED) is 0.729. The van der Waals surface area contributed by atoms with Crippen LogP contribution in [-0.4, -0.2) is 45.3 Å². The molecule has 0 aromatic heterocycles. The Bertz CT molecular complexity index is 651.